The lowest BCUT2D eigenvalue weighted by Gasteiger charge is -2.22. The molecule has 1 saturated heterocycles. The molecule has 20 heavy (non-hydrogen) atoms. The molecular formula is C14H20O6. The summed E-state index contributed by atoms with van der Waals surface area (Å²) in [5.74, 6) is -1.32. The van der Waals surface area contributed by atoms with Gasteiger partial charge < -0.3 is 18.9 Å². The first-order chi connectivity index (χ1) is 9.63. The van der Waals surface area contributed by atoms with Crippen molar-refractivity contribution < 1.29 is 28.5 Å². The molecule has 0 aromatic carbocycles. The van der Waals surface area contributed by atoms with Gasteiger partial charge in [0.1, 0.15) is 0 Å². The van der Waals surface area contributed by atoms with Crippen molar-refractivity contribution in [1.29, 1.82) is 0 Å². The van der Waals surface area contributed by atoms with Crippen LogP contribution in [0.4, 0.5) is 0 Å². The molecule has 1 unspecified atom stereocenters. The first-order valence-electron chi connectivity index (χ1n) is 6.48. The van der Waals surface area contributed by atoms with E-state index in [4.69, 9.17) is 18.9 Å². The Morgan fingerprint density at radius 2 is 2.10 bits per heavy atom. The molecule has 112 valence electrons. The molecule has 0 aromatic rings. The van der Waals surface area contributed by atoms with Gasteiger partial charge in [-0.15, -0.1) is 6.58 Å². The summed E-state index contributed by atoms with van der Waals surface area (Å²) in [5, 5.41) is 0. The molecule has 0 spiro atoms. The molecular weight excluding hydrogens is 264 g/mol. The molecule has 0 aromatic heterocycles. The van der Waals surface area contributed by atoms with Gasteiger partial charge in [-0.3, -0.25) is 0 Å². The number of rotatable bonds is 8. The maximum Gasteiger partial charge on any atom is 0.346 e. The van der Waals surface area contributed by atoms with Crippen molar-refractivity contribution in [2.24, 2.45) is 0 Å². The average molecular weight is 284 g/mol. The second kappa shape index (κ2) is 9.28. The molecule has 1 aliphatic heterocycles. The molecule has 0 saturated carbocycles. The third kappa shape index (κ3) is 6.49. The minimum absolute atomic E-state index is 0.0334. The van der Waals surface area contributed by atoms with Crippen molar-refractivity contribution >= 4 is 11.9 Å². The van der Waals surface area contributed by atoms with Crippen LogP contribution in [0.5, 0.6) is 0 Å². The summed E-state index contributed by atoms with van der Waals surface area (Å²) >= 11 is 0. The molecule has 1 rings (SSSR count). The van der Waals surface area contributed by atoms with Crippen molar-refractivity contribution in [3.63, 3.8) is 0 Å². The van der Waals surface area contributed by atoms with Gasteiger partial charge in [0.2, 0.25) is 6.29 Å². The second-order valence-electron chi connectivity index (χ2n) is 4.27. The Labute approximate surface area is 118 Å². The van der Waals surface area contributed by atoms with Gasteiger partial charge in [0.25, 0.3) is 0 Å². The number of carbonyl (C=O) groups is 2. The zero-order chi connectivity index (χ0) is 14.8. The lowest BCUT2D eigenvalue weighted by molar-refractivity contribution is -0.192. The highest BCUT2D eigenvalue weighted by molar-refractivity contribution is 5.89. The van der Waals surface area contributed by atoms with E-state index in [-0.39, 0.29) is 12.2 Å². The highest BCUT2D eigenvalue weighted by Crippen LogP contribution is 2.13. The largest absolute Gasteiger partial charge is 0.450 e. The lowest BCUT2D eigenvalue weighted by atomic mass is 10.2. The van der Waals surface area contributed by atoms with Crippen LogP contribution in [0.3, 0.4) is 0 Å². The van der Waals surface area contributed by atoms with E-state index in [0.717, 1.165) is 12.8 Å². The number of hydrogen-bond acceptors (Lipinski definition) is 6. The highest BCUT2D eigenvalue weighted by Gasteiger charge is 2.19. The number of ether oxygens (including phenoxy) is 4. The molecule has 0 aliphatic carbocycles. The Bertz CT molecular complexity index is 357. The van der Waals surface area contributed by atoms with Gasteiger partial charge in [0, 0.05) is 6.42 Å². The van der Waals surface area contributed by atoms with Gasteiger partial charge in [-0.25, -0.2) is 9.59 Å². The van der Waals surface area contributed by atoms with Crippen molar-refractivity contribution in [1.82, 2.24) is 0 Å². The van der Waals surface area contributed by atoms with Crippen LogP contribution in [0.2, 0.25) is 0 Å². The zero-order valence-corrected chi connectivity index (χ0v) is 11.5. The minimum atomic E-state index is -0.685. The van der Waals surface area contributed by atoms with Crippen molar-refractivity contribution in [3.05, 3.63) is 24.8 Å². The lowest BCUT2D eigenvalue weighted by Crippen LogP contribution is -2.28. The maximum absolute atomic E-state index is 11.5. The van der Waals surface area contributed by atoms with Crippen molar-refractivity contribution in [3.8, 4) is 0 Å². The summed E-state index contributed by atoms with van der Waals surface area (Å²) in [6, 6.07) is 0. The van der Waals surface area contributed by atoms with E-state index < -0.39 is 24.8 Å². The Morgan fingerprint density at radius 3 is 2.75 bits per heavy atom. The second-order valence-corrected chi connectivity index (χ2v) is 4.27. The van der Waals surface area contributed by atoms with Crippen LogP contribution in [-0.4, -0.2) is 44.7 Å². The molecule has 6 heteroatoms. The zero-order valence-electron chi connectivity index (χ0n) is 11.5. The fraction of sp³-hybridized carbons (Fsp3) is 0.571. The Balaban J connectivity index is 2.17. The molecule has 0 amide bonds. The van der Waals surface area contributed by atoms with Crippen LogP contribution < -0.4 is 0 Å². The Kier molecular flexibility index (Phi) is 7.60. The highest BCUT2D eigenvalue weighted by atomic mass is 16.7. The van der Waals surface area contributed by atoms with E-state index in [9.17, 15) is 9.59 Å². The van der Waals surface area contributed by atoms with Crippen LogP contribution >= 0.6 is 0 Å². The maximum atomic E-state index is 11.5. The quantitative estimate of drug-likeness (QED) is 0.290. The van der Waals surface area contributed by atoms with E-state index in [1.165, 1.54) is 0 Å². The van der Waals surface area contributed by atoms with Crippen molar-refractivity contribution in [2.45, 2.75) is 25.6 Å². The number of esters is 2. The topological polar surface area (TPSA) is 71.1 Å². The fourth-order valence-electron chi connectivity index (χ4n) is 1.54. The molecule has 1 aliphatic rings. The van der Waals surface area contributed by atoms with Crippen LogP contribution in [0.15, 0.2) is 24.8 Å². The van der Waals surface area contributed by atoms with Gasteiger partial charge in [0.05, 0.1) is 25.4 Å². The monoisotopic (exact) mass is 284 g/mol. The van der Waals surface area contributed by atoms with Gasteiger partial charge in [-0.1, -0.05) is 12.7 Å². The smallest absolute Gasteiger partial charge is 0.346 e. The third-order valence-corrected chi connectivity index (χ3v) is 2.52. The first-order valence-corrected chi connectivity index (χ1v) is 6.48. The van der Waals surface area contributed by atoms with E-state index in [0.29, 0.717) is 19.6 Å². The molecule has 0 bridgehead atoms. The van der Waals surface area contributed by atoms with Crippen LogP contribution in [-0.2, 0) is 28.5 Å². The standard InChI is InChI=1S/C14H20O6/c1-3-7-17-9-11(2)14(16)19-10-12(15)20-13-6-4-5-8-18-13/h3,13H,1-2,4-10H2. The summed E-state index contributed by atoms with van der Waals surface area (Å²) in [6.07, 6.45) is 3.61. The van der Waals surface area contributed by atoms with Gasteiger partial charge in [0.15, 0.2) is 6.61 Å². The molecule has 1 heterocycles. The fourth-order valence-corrected chi connectivity index (χ4v) is 1.54. The predicted octanol–water partition coefficient (Wildman–Crippen LogP) is 1.36. The van der Waals surface area contributed by atoms with E-state index in [1.54, 1.807) is 6.08 Å². The summed E-state index contributed by atoms with van der Waals surface area (Å²) in [5.41, 5.74) is 0.133. The average Bonchev–Trinajstić information content (AvgIpc) is 2.46. The molecule has 1 fully saturated rings. The summed E-state index contributed by atoms with van der Waals surface area (Å²) < 4.78 is 20.0. The Morgan fingerprint density at radius 1 is 1.30 bits per heavy atom. The van der Waals surface area contributed by atoms with E-state index in [1.807, 2.05) is 0 Å². The third-order valence-electron chi connectivity index (χ3n) is 2.52. The summed E-state index contributed by atoms with van der Waals surface area (Å²) in [7, 11) is 0. The van der Waals surface area contributed by atoms with Crippen LogP contribution in [0.25, 0.3) is 0 Å². The number of hydrogen-bond donors (Lipinski definition) is 0. The molecule has 0 N–H and O–H groups in total. The molecule has 6 nitrogen and oxygen atoms in total. The number of carbonyl (C=O) groups excluding carboxylic acids is 2. The minimum Gasteiger partial charge on any atom is -0.450 e. The van der Waals surface area contributed by atoms with E-state index >= 15 is 0 Å². The van der Waals surface area contributed by atoms with Gasteiger partial charge in [-0.2, -0.15) is 0 Å². The van der Waals surface area contributed by atoms with Crippen LogP contribution in [0, 0.1) is 0 Å². The molecule has 1 atom stereocenters. The molecule has 0 radical (unpaired) electrons. The van der Waals surface area contributed by atoms with E-state index in [2.05, 4.69) is 13.2 Å². The Hall–Kier alpha value is -1.66. The first kappa shape index (κ1) is 16.4. The van der Waals surface area contributed by atoms with Gasteiger partial charge >= 0.3 is 11.9 Å². The van der Waals surface area contributed by atoms with Gasteiger partial charge in [-0.05, 0) is 12.8 Å². The SMILES string of the molecule is C=CCOCC(=C)C(=O)OCC(=O)OC1CCCCO1. The van der Waals surface area contributed by atoms with Crippen molar-refractivity contribution in [2.75, 3.05) is 26.4 Å². The summed E-state index contributed by atoms with van der Waals surface area (Å²) in [4.78, 5) is 22.9. The summed E-state index contributed by atoms with van der Waals surface area (Å²) in [6.45, 7) is 7.45. The predicted molar refractivity (Wildman–Crippen MR) is 70.8 cm³/mol. The normalized spacial score (nSPS) is 18.1. The van der Waals surface area contributed by atoms with Crippen LogP contribution in [0.1, 0.15) is 19.3 Å².